The van der Waals surface area contributed by atoms with Crippen molar-refractivity contribution in [2.75, 3.05) is 26.0 Å². The number of piperidine rings is 1. The molecule has 7 heteroatoms. The number of benzene rings is 1. The van der Waals surface area contributed by atoms with Crippen molar-refractivity contribution in [2.24, 2.45) is 0 Å². The van der Waals surface area contributed by atoms with Gasteiger partial charge in [-0.3, -0.25) is 0 Å². The lowest BCUT2D eigenvalue weighted by atomic mass is 10.1. The first-order chi connectivity index (χ1) is 10.9. The first kappa shape index (κ1) is 17.7. The van der Waals surface area contributed by atoms with E-state index in [1.807, 2.05) is 6.92 Å². The zero-order valence-corrected chi connectivity index (χ0v) is 14.4. The minimum absolute atomic E-state index is 0.110. The van der Waals surface area contributed by atoms with Gasteiger partial charge in [0.15, 0.2) is 9.84 Å². The maximum absolute atomic E-state index is 12.2. The highest BCUT2D eigenvalue weighted by molar-refractivity contribution is 7.90. The third kappa shape index (κ3) is 5.21. The summed E-state index contributed by atoms with van der Waals surface area (Å²) in [6.07, 6.45) is 3.23. The molecular formula is C16H24N2O4S. The van der Waals surface area contributed by atoms with E-state index in [-0.39, 0.29) is 17.0 Å². The van der Waals surface area contributed by atoms with E-state index in [0.717, 1.165) is 24.9 Å². The van der Waals surface area contributed by atoms with Crippen LogP contribution in [-0.2, 0) is 21.1 Å². The van der Waals surface area contributed by atoms with Crippen molar-refractivity contribution in [1.29, 1.82) is 0 Å². The standard InChI is InChI=1S/C16H24N2O4S/c1-3-22-14-5-4-10-18(12-14)16(19)17-11-13-6-8-15(9-7-13)23(2,20)21/h6-9,14H,3-5,10-12H2,1-2H3,(H,17,19). The van der Waals surface area contributed by atoms with E-state index in [1.54, 1.807) is 29.2 Å². The fourth-order valence-corrected chi connectivity index (χ4v) is 3.27. The van der Waals surface area contributed by atoms with Gasteiger partial charge in [0.2, 0.25) is 0 Å². The Morgan fingerprint density at radius 3 is 2.65 bits per heavy atom. The zero-order chi connectivity index (χ0) is 16.9. The maximum atomic E-state index is 12.2. The minimum atomic E-state index is -3.19. The molecule has 1 fully saturated rings. The van der Waals surface area contributed by atoms with Crippen LogP contribution in [0.15, 0.2) is 29.2 Å². The fraction of sp³-hybridized carbons (Fsp3) is 0.562. The van der Waals surface area contributed by atoms with E-state index < -0.39 is 9.84 Å². The first-order valence-corrected chi connectivity index (χ1v) is 9.72. The van der Waals surface area contributed by atoms with E-state index in [9.17, 15) is 13.2 Å². The summed E-state index contributed by atoms with van der Waals surface area (Å²) in [5.41, 5.74) is 0.865. The molecular weight excluding hydrogens is 316 g/mol. The first-order valence-electron chi connectivity index (χ1n) is 7.83. The molecule has 2 amide bonds. The van der Waals surface area contributed by atoms with Crippen LogP contribution in [-0.4, -0.2) is 51.4 Å². The van der Waals surface area contributed by atoms with Gasteiger partial charge in [0, 0.05) is 32.5 Å². The smallest absolute Gasteiger partial charge is 0.317 e. The van der Waals surface area contributed by atoms with Crippen LogP contribution in [0.5, 0.6) is 0 Å². The van der Waals surface area contributed by atoms with Crippen LogP contribution in [0.4, 0.5) is 4.79 Å². The molecule has 6 nitrogen and oxygen atoms in total. The van der Waals surface area contributed by atoms with Crippen molar-refractivity contribution in [1.82, 2.24) is 10.2 Å². The molecule has 1 aromatic rings. The molecule has 23 heavy (non-hydrogen) atoms. The largest absolute Gasteiger partial charge is 0.377 e. The number of nitrogens with zero attached hydrogens (tertiary/aromatic N) is 1. The molecule has 0 aromatic heterocycles. The molecule has 1 unspecified atom stereocenters. The van der Waals surface area contributed by atoms with E-state index in [0.29, 0.717) is 19.7 Å². The predicted molar refractivity (Wildman–Crippen MR) is 88.0 cm³/mol. The molecule has 1 atom stereocenters. The van der Waals surface area contributed by atoms with Crippen molar-refractivity contribution in [2.45, 2.75) is 37.3 Å². The van der Waals surface area contributed by atoms with Gasteiger partial charge in [0.05, 0.1) is 11.0 Å². The number of hydrogen-bond donors (Lipinski definition) is 1. The highest BCUT2D eigenvalue weighted by atomic mass is 32.2. The van der Waals surface area contributed by atoms with E-state index in [4.69, 9.17) is 4.74 Å². The second kappa shape index (κ2) is 7.79. The van der Waals surface area contributed by atoms with Crippen molar-refractivity contribution in [3.63, 3.8) is 0 Å². The molecule has 1 heterocycles. The van der Waals surface area contributed by atoms with E-state index in [2.05, 4.69) is 5.32 Å². The molecule has 1 saturated heterocycles. The van der Waals surface area contributed by atoms with Crippen molar-refractivity contribution >= 4 is 15.9 Å². The Balaban J connectivity index is 1.86. The highest BCUT2D eigenvalue weighted by Crippen LogP contribution is 2.14. The summed E-state index contributed by atoms with van der Waals surface area (Å²) < 4.78 is 28.4. The molecule has 128 valence electrons. The van der Waals surface area contributed by atoms with Crippen LogP contribution in [0.1, 0.15) is 25.3 Å². The summed E-state index contributed by atoms with van der Waals surface area (Å²) in [5.74, 6) is 0. The lowest BCUT2D eigenvalue weighted by molar-refractivity contribution is 0.0164. The molecule has 0 saturated carbocycles. The molecule has 1 aliphatic rings. The Labute approximate surface area is 137 Å². The number of hydrogen-bond acceptors (Lipinski definition) is 4. The summed E-state index contributed by atoms with van der Waals surface area (Å²) in [5, 5.41) is 2.87. The molecule has 0 spiro atoms. The molecule has 1 aromatic carbocycles. The number of ether oxygens (including phenoxy) is 1. The van der Waals surface area contributed by atoms with Crippen LogP contribution in [0.2, 0.25) is 0 Å². The quantitative estimate of drug-likeness (QED) is 0.887. The van der Waals surface area contributed by atoms with Crippen LogP contribution < -0.4 is 5.32 Å². The monoisotopic (exact) mass is 340 g/mol. The Bertz CT molecular complexity index is 626. The van der Waals surface area contributed by atoms with E-state index >= 15 is 0 Å². The number of amides is 2. The molecule has 0 aliphatic carbocycles. The number of nitrogens with one attached hydrogen (secondary N) is 1. The van der Waals surface area contributed by atoms with Crippen LogP contribution in [0, 0.1) is 0 Å². The molecule has 0 radical (unpaired) electrons. The average molecular weight is 340 g/mol. The van der Waals surface area contributed by atoms with Crippen molar-refractivity contribution in [3.8, 4) is 0 Å². The summed E-state index contributed by atoms with van der Waals surface area (Å²) >= 11 is 0. The number of likely N-dealkylation sites (tertiary alicyclic amines) is 1. The summed E-state index contributed by atoms with van der Waals surface area (Å²) in [6, 6.07) is 6.44. The van der Waals surface area contributed by atoms with E-state index in [1.165, 1.54) is 6.26 Å². The maximum Gasteiger partial charge on any atom is 0.317 e. The Morgan fingerprint density at radius 1 is 1.35 bits per heavy atom. The molecule has 1 aliphatic heterocycles. The van der Waals surface area contributed by atoms with Crippen molar-refractivity contribution in [3.05, 3.63) is 29.8 Å². The van der Waals surface area contributed by atoms with Crippen LogP contribution in [0.25, 0.3) is 0 Å². The van der Waals surface area contributed by atoms with Crippen molar-refractivity contribution < 1.29 is 17.9 Å². The van der Waals surface area contributed by atoms with Gasteiger partial charge in [-0.25, -0.2) is 13.2 Å². The number of carbonyl (C=O) groups excluding carboxylic acids is 1. The minimum Gasteiger partial charge on any atom is -0.377 e. The number of sulfone groups is 1. The predicted octanol–water partition coefficient (Wildman–Crippen LogP) is 1.80. The lowest BCUT2D eigenvalue weighted by Crippen LogP contribution is -2.47. The Hall–Kier alpha value is -1.60. The van der Waals surface area contributed by atoms with Crippen LogP contribution in [0.3, 0.4) is 0 Å². The second-order valence-corrected chi connectivity index (χ2v) is 7.76. The highest BCUT2D eigenvalue weighted by Gasteiger charge is 2.23. The lowest BCUT2D eigenvalue weighted by Gasteiger charge is -2.32. The van der Waals surface area contributed by atoms with Gasteiger partial charge in [0.25, 0.3) is 0 Å². The topological polar surface area (TPSA) is 75.7 Å². The Kier molecular flexibility index (Phi) is 6.01. The van der Waals surface area contributed by atoms with Gasteiger partial charge in [-0.1, -0.05) is 12.1 Å². The summed E-state index contributed by atoms with van der Waals surface area (Å²) in [6.45, 7) is 4.35. The zero-order valence-electron chi connectivity index (χ0n) is 13.6. The van der Waals surface area contributed by atoms with Gasteiger partial charge in [-0.2, -0.15) is 0 Å². The van der Waals surface area contributed by atoms with Crippen LogP contribution >= 0.6 is 0 Å². The Morgan fingerprint density at radius 2 is 2.04 bits per heavy atom. The molecule has 0 bridgehead atoms. The van der Waals surface area contributed by atoms with Gasteiger partial charge in [0.1, 0.15) is 0 Å². The second-order valence-electron chi connectivity index (χ2n) is 5.74. The summed E-state index contributed by atoms with van der Waals surface area (Å²) in [4.78, 5) is 14.3. The normalized spacial score (nSPS) is 18.7. The number of rotatable bonds is 5. The van der Waals surface area contributed by atoms with Gasteiger partial charge >= 0.3 is 6.03 Å². The molecule has 1 N–H and O–H groups in total. The third-order valence-electron chi connectivity index (χ3n) is 3.86. The molecule has 2 rings (SSSR count). The summed E-state index contributed by atoms with van der Waals surface area (Å²) in [7, 11) is -3.19. The average Bonchev–Trinajstić information content (AvgIpc) is 2.53. The van der Waals surface area contributed by atoms with Gasteiger partial charge in [-0.15, -0.1) is 0 Å². The van der Waals surface area contributed by atoms with Gasteiger partial charge < -0.3 is 15.0 Å². The fourth-order valence-electron chi connectivity index (χ4n) is 2.64. The third-order valence-corrected chi connectivity index (χ3v) is 4.99. The SMILES string of the molecule is CCOC1CCCN(C(=O)NCc2ccc(S(C)(=O)=O)cc2)C1. The number of urea groups is 1. The number of carbonyl (C=O) groups is 1. The van der Waals surface area contributed by atoms with Gasteiger partial charge in [-0.05, 0) is 37.5 Å².